The molecule has 2 aliphatic rings. The van der Waals surface area contributed by atoms with Crippen molar-refractivity contribution in [1.82, 2.24) is 10.6 Å². The summed E-state index contributed by atoms with van der Waals surface area (Å²) >= 11 is 7.16. The summed E-state index contributed by atoms with van der Waals surface area (Å²) in [6, 6.07) is 33.7. The Labute approximate surface area is 289 Å². The van der Waals surface area contributed by atoms with Crippen molar-refractivity contribution in [2.75, 3.05) is 0 Å². The molecule has 2 N–H and O–H groups in total. The van der Waals surface area contributed by atoms with Crippen LogP contribution < -0.4 is 10.6 Å². The number of nitrogens with one attached hydrogen (secondary N) is 2. The quantitative estimate of drug-likeness (QED) is 0.189. The molecule has 0 heterocycles. The third-order valence-corrected chi connectivity index (χ3v) is 9.47. The molecule has 2 amide bonds. The van der Waals surface area contributed by atoms with Crippen LogP contribution in [-0.2, 0) is 35.3 Å². The van der Waals surface area contributed by atoms with Gasteiger partial charge in [-0.05, 0) is 107 Å². The Morgan fingerprint density at radius 3 is 1.33 bits per heavy atom. The molecule has 0 spiro atoms. The van der Waals surface area contributed by atoms with Crippen LogP contribution in [0.2, 0.25) is 0 Å². The number of carbonyl (C=O) groups is 2. The van der Waals surface area contributed by atoms with Crippen LogP contribution in [0.1, 0.15) is 72.9 Å². The topological polar surface area (TPSA) is 58.2 Å². The summed E-state index contributed by atoms with van der Waals surface area (Å²) in [5.41, 5.74) is 12.4. The maximum atomic E-state index is 11.9. The smallest absolute Gasteiger partial charge is 0.223 e. The zero-order chi connectivity index (χ0) is 32.5. The minimum Gasteiger partial charge on any atom is -0.329 e. The lowest BCUT2D eigenvalue weighted by atomic mass is 9.85. The molecule has 46 heavy (non-hydrogen) atoms. The van der Waals surface area contributed by atoms with Crippen LogP contribution in [0.25, 0.3) is 11.1 Å². The zero-order valence-electron chi connectivity index (χ0n) is 26.5. The van der Waals surface area contributed by atoms with Crippen molar-refractivity contribution < 1.29 is 9.59 Å². The number of benzene rings is 4. The van der Waals surface area contributed by atoms with E-state index in [1.807, 2.05) is 26.0 Å². The van der Waals surface area contributed by atoms with Gasteiger partial charge in [-0.15, -0.1) is 0 Å². The van der Waals surface area contributed by atoms with E-state index in [0.29, 0.717) is 12.8 Å². The lowest BCUT2D eigenvalue weighted by Crippen LogP contribution is -2.25. The Kier molecular flexibility index (Phi) is 11.8. The van der Waals surface area contributed by atoms with Crippen LogP contribution in [0.4, 0.5) is 0 Å². The molecule has 6 rings (SSSR count). The minimum absolute atomic E-state index is 0.0870. The number of aryl methyl sites for hydroxylation is 2. The highest BCUT2D eigenvalue weighted by Crippen LogP contribution is 2.36. The molecule has 0 radical (unpaired) electrons. The Hall–Kier alpha value is -3.74. The molecule has 0 aromatic heterocycles. The van der Waals surface area contributed by atoms with Gasteiger partial charge >= 0.3 is 0 Å². The van der Waals surface area contributed by atoms with E-state index in [9.17, 15) is 9.59 Å². The Morgan fingerprint density at radius 2 is 0.957 bits per heavy atom. The molecule has 0 fully saturated rings. The van der Waals surface area contributed by atoms with Crippen LogP contribution in [0.15, 0.2) is 117 Å². The van der Waals surface area contributed by atoms with Crippen LogP contribution >= 0.6 is 31.9 Å². The van der Waals surface area contributed by atoms with Crippen molar-refractivity contribution in [3.05, 3.63) is 151 Å². The Morgan fingerprint density at radius 1 is 0.565 bits per heavy atom. The highest BCUT2D eigenvalue weighted by atomic mass is 79.9. The molecule has 2 aliphatic carbocycles. The highest BCUT2D eigenvalue weighted by molar-refractivity contribution is 9.10. The maximum absolute atomic E-state index is 11.9. The van der Waals surface area contributed by atoms with Gasteiger partial charge in [0, 0.05) is 33.2 Å². The third kappa shape index (κ3) is 8.74. The maximum Gasteiger partial charge on any atom is 0.223 e. The molecule has 6 heteroatoms. The van der Waals surface area contributed by atoms with Gasteiger partial charge in [-0.3, -0.25) is 9.59 Å². The van der Waals surface area contributed by atoms with Gasteiger partial charge in [0.2, 0.25) is 11.8 Å². The summed E-state index contributed by atoms with van der Waals surface area (Å²) in [5.74, 6) is 0.174. The molecule has 236 valence electrons. The average molecular weight is 741 g/mol. The first kappa shape index (κ1) is 33.6. The van der Waals surface area contributed by atoms with Gasteiger partial charge in [-0.25, -0.2) is 0 Å². The van der Waals surface area contributed by atoms with Gasteiger partial charge in [0.25, 0.3) is 0 Å². The molecule has 0 saturated carbocycles. The van der Waals surface area contributed by atoms with Crippen LogP contribution in [0.5, 0.6) is 0 Å². The Balaban J connectivity index is 0.000000181. The summed E-state index contributed by atoms with van der Waals surface area (Å²) in [7, 11) is 0. The van der Waals surface area contributed by atoms with Gasteiger partial charge in [-0.1, -0.05) is 119 Å². The minimum atomic E-state index is 0.0870. The molecule has 4 aromatic carbocycles. The van der Waals surface area contributed by atoms with Gasteiger partial charge in [0.1, 0.15) is 0 Å². The molecule has 4 nitrogen and oxygen atoms in total. The standard InChI is InChI=1S/2C20H20BrNO/c2*1-2-20(23)22-19-11-9-15-8-10-16(21)13-17(15)18(19)12-14-6-4-3-5-7-14/h2*3-8,10,13H,2,9,11-12H2,1H3,(H,22,23). The first-order chi connectivity index (χ1) is 22.3. The fourth-order valence-corrected chi connectivity index (χ4v) is 6.76. The number of amides is 2. The highest BCUT2D eigenvalue weighted by Gasteiger charge is 2.22. The first-order valence-corrected chi connectivity index (χ1v) is 17.6. The monoisotopic (exact) mass is 738 g/mol. The molecular weight excluding hydrogens is 700 g/mol. The third-order valence-electron chi connectivity index (χ3n) is 8.48. The largest absolute Gasteiger partial charge is 0.329 e. The predicted octanol–water partition coefficient (Wildman–Crippen LogP) is 9.75. The molecular formula is C40H40Br2N2O2. The van der Waals surface area contributed by atoms with Gasteiger partial charge in [-0.2, -0.15) is 0 Å². The van der Waals surface area contributed by atoms with E-state index >= 15 is 0 Å². The molecule has 0 aliphatic heterocycles. The van der Waals surface area contributed by atoms with E-state index in [1.165, 1.54) is 44.5 Å². The Bertz CT molecular complexity index is 1630. The summed E-state index contributed by atoms with van der Waals surface area (Å²) < 4.78 is 2.15. The second-order valence-electron chi connectivity index (χ2n) is 11.6. The number of allylic oxidation sites excluding steroid dienone is 4. The zero-order valence-corrected chi connectivity index (χ0v) is 29.6. The molecule has 0 atom stereocenters. The number of hydrogen-bond acceptors (Lipinski definition) is 2. The fourth-order valence-electron chi connectivity index (χ4n) is 6.03. The summed E-state index contributed by atoms with van der Waals surface area (Å²) in [5, 5.41) is 6.25. The summed E-state index contributed by atoms with van der Waals surface area (Å²) in [6.45, 7) is 3.78. The molecule has 0 saturated heterocycles. The first-order valence-electron chi connectivity index (χ1n) is 16.0. The van der Waals surface area contributed by atoms with Gasteiger partial charge < -0.3 is 10.6 Å². The molecule has 0 unspecified atom stereocenters. The van der Waals surface area contributed by atoms with Crippen LogP contribution in [-0.4, -0.2) is 11.8 Å². The van der Waals surface area contributed by atoms with E-state index < -0.39 is 0 Å². The van der Waals surface area contributed by atoms with Crippen LogP contribution in [0.3, 0.4) is 0 Å². The van der Waals surface area contributed by atoms with Crippen molar-refractivity contribution in [3.63, 3.8) is 0 Å². The number of fused-ring (bicyclic) bond motifs is 2. The van der Waals surface area contributed by atoms with E-state index in [2.05, 4.69) is 127 Å². The summed E-state index contributed by atoms with van der Waals surface area (Å²) in [6.07, 6.45) is 6.42. The average Bonchev–Trinajstić information content (AvgIpc) is 3.08. The second kappa shape index (κ2) is 16.2. The number of rotatable bonds is 8. The molecule has 0 bridgehead atoms. The SMILES string of the molecule is CCC(=O)NC1=C(Cc2ccccc2)c2cc(Br)ccc2CC1.CCC(=O)NC1=C(Cc2ccccc2)c2cc(Br)ccc2CC1. The van der Waals surface area contributed by atoms with Crippen molar-refractivity contribution >= 4 is 54.8 Å². The number of carbonyl (C=O) groups excluding carboxylic acids is 2. The van der Waals surface area contributed by atoms with E-state index in [0.717, 1.165) is 58.9 Å². The van der Waals surface area contributed by atoms with Gasteiger partial charge in [0.15, 0.2) is 0 Å². The predicted molar refractivity (Wildman–Crippen MR) is 196 cm³/mol. The summed E-state index contributed by atoms with van der Waals surface area (Å²) in [4.78, 5) is 23.8. The van der Waals surface area contributed by atoms with Crippen molar-refractivity contribution in [1.29, 1.82) is 0 Å². The van der Waals surface area contributed by atoms with Crippen molar-refractivity contribution in [2.45, 2.75) is 65.2 Å². The lowest BCUT2D eigenvalue weighted by Gasteiger charge is -2.24. The number of hydrogen-bond donors (Lipinski definition) is 2. The van der Waals surface area contributed by atoms with E-state index in [1.54, 1.807) is 0 Å². The molecule has 4 aromatic rings. The second-order valence-corrected chi connectivity index (χ2v) is 13.5. The van der Waals surface area contributed by atoms with Gasteiger partial charge in [0.05, 0.1) is 0 Å². The normalized spacial score (nSPS) is 13.7. The fraction of sp³-hybridized carbons (Fsp3) is 0.250. The van der Waals surface area contributed by atoms with Crippen molar-refractivity contribution in [3.8, 4) is 0 Å². The number of halogens is 2. The lowest BCUT2D eigenvalue weighted by molar-refractivity contribution is -0.120. The van der Waals surface area contributed by atoms with Crippen LogP contribution in [0, 0.1) is 0 Å². The van der Waals surface area contributed by atoms with Crippen molar-refractivity contribution in [2.24, 2.45) is 0 Å². The van der Waals surface area contributed by atoms with E-state index in [-0.39, 0.29) is 11.8 Å². The van der Waals surface area contributed by atoms with E-state index in [4.69, 9.17) is 0 Å².